The molecule has 0 radical (unpaired) electrons. The minimum atomic E-state index is 0.467. The molecule has 1 atom stereocenters. The third-order valence-corrected chi connectivity index (χ3v) is 3.47. The van der Waals surface area contributed by atoms with E-state index in [9.17, 15) is 0 Å². The van der Waals surface area contributed by atoms with Crippen molar-refractivity contribution in [2.24, 2.45) is 0 Å². The number of hydrogen-bond acceptors (Lipinski definition) is 4. The number of hydrogen-bond donors (Lipinski definition) is 0. The lowest BCUT2D eigenvalue weighted by Crippen LogP contribution is -2.31. The van der Waals surface area contributed by atoms with E-state index in [1.807, 2.05) is 10.8 Å². The van der Waals surface area contributed by atoms with Crippen molar-refractivity contribution in [2.75, 3.05) is 20.1 Å². The second-order valence-corrected chi connectivity index (χ2v) is 4.84. The van der Waals surface area contributed by atoms with Gasteiger partial charge in [-0.1, -0.05) is 0 Å². The van der Waals surface area contributed by atoms with E-state index in [-0.39, 0.29) is 0 Å². The van der Waals surface area contributed by atoms with E-state index >= 15 is 0 Å². The number of aromatic nitrogens is 4. The van der Waals surface area contributed by atoms with Gasteiger partial charge >= 0.3 is 0 Å². The first kappa shape index (κ1) is 11.3. The van der Waals surface area contributed by atoms with Crippen molar-refractivity contribution >= 4 is 0 Å². The minimum absolute atomic E-state index is 0.467. The van der Waals surface area contributed by atoms with E-state index in [4.69, 9.17) is 0 Å². The zero-order chi connectivity index (χ0) is 12.4. The number of piperidine rings is 1. The highest BCUT2D eigenvalue weighted by atomic mass is 15.1. The van der Waals surface area contributed by atoms with Crippen LogP contribution in [0.3, 0.4) is 0 Å². The summed E-state index contributed by atoms with van der Waals surface area (Å²) in [6, 6.07) is 0. The summed E-state index contributed by atoms with van der Waals surface area (Å²) in [5.74, 6) is 1.38. The van der Waals surface area contributed by atoms with Crippen molar-refractivity contribution in [3.8, 4) is 5.82 Å². The fourth-order valence-corrected chi connectivity index (χ4v) is 2.60. The van der Waals surface area contributed by atoms with E-state index in [0.29, 0.717) is 5.92 Å². The van der Waals surface area contributed by atoms with Crippen LogP contribution >= 0.6 is 0 Å². The molecule has 94 valence electrons. The molecule has 18 heavy (non-hydrogen) atoms. The minimum Gasteiger partial charge on any atom is -0.306 e. The van der Waals surface area contributed by atoms with Crippen LogP contribution in [0.1, 0.15) is 24.5 Å². The molecule has 1 aliphatic heterocycles. The van der Waals surface area contributed by atoms with E-state index in [1.165, 1.54) is 19.4 Å². The Morgan fingerprint density at radius 3 is 2.89 bits per heavy atom. The van der Waals surface area contributed by atoms with E-state index < -0.39 is 0 Å². The molecule has 0 aromatic carbocycles. The third-order valence-electron chi connectivity index (χ3n) is 3.47. The standard InChI is InChI=1S/C13H17N5/c1-17-7-2-3-11(9-17)12-13(16-5-4-15-12)18-8-6-14-10-18/h4-6,8,10-11H,2-3,7,9H2,1H3/t11-/m0/s1. The van der Waals surface area contributed by atoms with Gasteiger partial charge in [0, 0.05) is 37.3 Å². The summed E-state index contributed by atoms with van der Waals surface area (Å²) in [6.45, 7) is 2.23. The van der Waals surface area contributed by atoms with Gasteiger partial charge in [-0.2, -0.15) is 0 Å². The van der Waals surface area contributed by atoms with Gasteiger partial charge in [0.25, 0.3) is 0 Å². The number of likely N-dealkylation sites (tertiary alicyclic amines) is 1. The molecule has 1 aliphatic rings. The molecule has 0 saturated carbocycles. The van der Waals surface area contributed by atoms with Gasteiger partial charge < -0.3 is 4.90 Å². The summed E-state index contributed by atoms with van der Waals surface area (Å²) in [5.41, 5.74) is 1.09. The van der Waals surface area contributed by atoms with Crippen molar-refractivity contribution < 1.29 is 0 Å². The van der Waals surface area contributed by atoms with Gasteiger partial charge in [-0.15, -0.1) is 0 Å². The summed E-state index contributed by atoms with van der Waals surface area (Å²) in [7, 11) is 2.17. The predicted octanol–water partition coefficient (Wildman–Crippen LogP) is 1.47. The first-order valence-corrected chi connectivity index (χ1v) is 6.32. The Morgan fingerprint density at radius 1 is 1.22 bits per heavy atom. The van der Waals surface area contributed by atoms with Crippen LogP contribution in [-0.2, 0) is 0 Å². The SMILES string of the molecule is CN1CCC[C@H](c2nccnc2-n2ccnc2)C1. The van der Waals surface area contributed by atoms with Gasteiger partial charge in [0.2, 0.25) is 0 Å². The summed E-state index contributed by atoms with van der Waals surface area (Å²) in [5, 5.41) is 0. The van der Waals surface area contributed by atoms with Crippen molar-refractivity contribution in [3.05, 3.63) is 36.8 Å². The summed E-state index contributed by atoms with van der Waals surface area (Å²) < 4.78 is 1.94. The average molecular weight is 243 g/mol. The molecule has 1 saturated heterocycles. The Morgan fingerprint density at radius 2 is 2.11 bits per heavy atom. The number of rotatable bonds is 2. The summed E-state index contributed by atoms with van der Waals surface area (Å²) in [4.78, 5) is 15.5. The number of likely N-dealkylation sites (N-methyl/N-ethyl adjacent to an activating group) is 1. The molecular weight excluding hydrogens is 226 g/mol. The molecule has 0 N–H and O–H groups in total. The van der Waals surface area contributed by atoms with Gasteiger partial charge in [-0.25, -0.2) is 9.97 Å². The fraction of sp³-hybridized carbons (Fsp3) is 0.462. The highest BCUT2D eigenvalue weighted by Gasteiger charge is 2.23. The lowest BCUT2D eigenvalue weighted by molar-refractivity contribution is 0.248. The number of nitrogens with zero attached hydrogens (tertiary/aromatic N) is 5. The van der Waals surface area contributed by atoms with Crippen LogP contribution in [-0.4, -0.2) is 44.6 Å². The molecule has 1 fully saturated rings. The Bertz CT molecular complexity index is 508. The Balaban J connectivity index is 1.96. The lowest BCUT2D eigenvalue weighted by Gasteiger charge is -2.29. The molecule has 2 aromatic rings. The first-order chi connectivity index (χ1) is 8.84. The van der Waals surface area contributed by atoms with Crippen molar-refractivity contribution in [1.82, 2.24) is 24.4 Å². The van der Waals surface area contributed by atoms with Gasteiger partial charge in [0.1, 0.15) is 6.33 Å². The monoisotopic (exact) mass is 243 g/mol. The highest BCUT2D eigenvalue weighted by Crippen LogP contribution is 2.27. The molecule has 2 aromatic heterocycles. The zero-order valence-corrected chi connectivity index (χ0v) is 10.5. The van der Waals surface area contributed by atoms with Crippen LogP contribution in [0.25, 0.3) is 5.82 Å². The molecule has 5 nitrogen and oxygen atoms in total. The van der Waals surface area contributed by atoms with Gasteiger partial charge in [0.15, 0.2) is 5.82 Å². The van der Waals surface area contributed by atoms with E-state index in [1.54, 1.807) is 24.9 Å². The molecule has 0 unspecified atom stereocenters. The molecule has 3 rings (SSSR count). The van der Waals surface area contributed by atoms with Gasteiger partial charge in [0.05, 0.1) is 5.69 Å². The Labute approximate surface area is 107 Å². The van der Waals surface area contributed by atoms with Crippen LogP contribution in [0.5, 0.6) is 0 Å². The maximum absolute atomic E-state index is 4.56. The Hall–Kier alpha value is -1.75. The summed E-state index contributed by atoms with van der Waals surface area (Å²) in [6.07, 6.45) is 11.4. The number of imidazole rings is 1. The molecule has 0 aliphatic carbocycles. The van der Waals surface area contributed by atoms with Crippen LogP contribution < -0.4 is 0 Å². The van der Waals surface area contributed by atoms with Gasteiger partial charge in [-0.05, 0) is 26.4 Å². The molecule has 0 amide bonds. The largest absolute Gasteiger partial charge is 0.306 e. The normalized spacial score (nSPS) is 21.1. The maximum atomic E-state index is 4.56. The predicted molar refractivity (Wildman–Crippen MR) is 68.6 cm³/mol. The molecule has 0 spiro atoms. The molecule has 0 bridgehead atoms. The van der Waals surface area contributed by atoms with Crippen molar-refractivity contribution in [2.45, 2.75) is 18.8 Å². The third kappa shape index (κ3) is 2.13. The lowest BCUT2D eigenvalue weighted by atomic mass is 9.94. The van der Waals surface area contributed by atoms with Crippen molar-refractivity contribution in [1.29, 1.82) is 0 Å². The van der Waals surface area contributed by atoms with E-state index in [2.05, 4.69) is 26.9 Å². The second kappa shape index (κ2) is 4.86. The molecule has 5 heteroatoms. The van der Waals surface area contributed by atoms with Crippen LogP contribution in [0, 0.1) is 0 Å². The zero-order valence-electron chi connectivity index (χ0n) is 10.5. The van der Waals surface area contributed by atoms with Crippen molar-refractivity contribution in [3.63, 3.8) is 0 Å². The van der Waals surface area contributed by atoms with E-state index in [0.717, 1.165) is 18.1 Å². The maximum Gasteiger partial charge on any atom is 0.160 e. The second-order valence-electron chi connectivity index (χ2n) is 4.84. The highest BCUT2D eigenvalue weighted by molar-refractivity contribution is 5.31. The topological polar surface area (TPSA) is 46.8 Å². The smallest absolute Gasteiger partial charge is 0.160 e. The quantitative estimate of drug-likeness (QED) is 0.801. The molecule has 3 heterocycles. The first-order valence-electron chi connectivity index (χ1n) is 6.32. The molecular formula is C13H17N5. The fourth-order valence-electron chi connectivity index (χ4n) is 2.60. The Kier molecular flexibility index (Phi) is 3.06. The van der Waals surface area contributed by atoms with Crippen LogP contribution in [0.2, 0.25) is 0 Å². The average Bonchev–Trinajstić information content (AvgIpc) is 2.92. The summed E-state index contributed by atoms with van der Waals surface area (Å²) >= 11 is 0. The van der Waals surface area contributed by atoms with Gasteiger partial charge in [-0.3, -0.25) is 9.55 Å². The van der Waals surface area contributed by atoms with Crippen LogP contribution in [0.4, 0.5) is 0 Å². The van der Waals surface area contributed by atoms with Crippen LogP contribution in [0.15, 0.2) is 31.1 Å².